The smallest absolute Gasteiger partial charge is 0.272 e. The average molecular weight is 353 g/mol. The number of aromatic nitrogens is 1. The molecule has 0 aliphatic carbocycles. The summed E-state index contributed by atoms with van der Waals surface area (Å²) in [6, 6.07) is 7.20. The lowest BCUT2D eigenvalue weighted by molar-refractivity contribution is -0.123. The second-order valence-electron chi connectivity index (χ2n) is 4.19. The van der Waals surface area contributed by atoms with E-state index in [2.05, 4.69) is 10.3 Å². The first-order chi connectivity index (χ1) is 11.0. The number of nitrogens with two attached hydrogens (primary N) is 2. The fourth-order valence-electron chi connectivity index (χ4n) is 1.62. The molecule has 8 nitrogen and oxygen atoms in total. The molecule has 0 radical (unpaired) electrons. The normalized spacial score (nSPS) is 9.87. The van der Waals surface area contributed by atoms with E-state index in [9.17, 15) is 9.59 Å². The van der Waals surface area contributed by atoms with Gasteiger partial charge in [0, 0.05) is 22.2 Å². The first kappa shape index (κ1) is 16.9. The molecule has 0 fully saturated rings. The van der Waals surface area contributed by atoms with Crippen molar-refractivity contribution in [1.29, 1.82) is 0 Å². The maximum absolute atomic E-state index is 11.5. The van der Waals surface area contributed by atoms with Crippen LogP contribution in [0.15, 0.2) is 41.4 Å². The Morgan fingerprint density at radius 1 is 1.13 bits per heavy atom. The van der Waals surface area contributed by atoms with Gasteiger partial charge in [-0.1, -0.05) is 23.7 Å². The highest BCUT2D eigenvalue weighted by Crippen LogP contribution is 2.26. The molecule has 10 heteroatoms. The summed E-state index contributed by atoms with van der Waals surface area (Å²) in [5, 5.41) is 5.71. The van der Waals surface area contributed by atoms with Gasteiger partial charge in [-0.2, -0.15) is 0 Å². The zero-order valence-electron chi connectivity index (χ0n) is 11.7. The Morgan fingerprint density at radius 3 is 2.30 bits per heavy atom. The number of nitrogens with zero attached hydrogens (tertiary/aromatic N) is 1. The number of anilines is 1. The van der Waals surface area contributed by atoms with E-state index in [1.165, 1.54) is 17.5 Å². The highest BCUT2D eigenvalue weighted by molar-refractivity contribution is 7.14. The van der Waals surface area contributed by atoms with Crippen LogP contribution >= 0.6 is 22.9 Å². The largest absolute Gasteiger partial charge is 0.337 e. The third-order valence-electron chi connectivity index (χ3n) is 2.74. The van der Waals surface area contributed by atoms with Crippen molar-refractivity contribution in [3.05, 3.63) is 46.4 Å². The highest BCUT2D eigenvalue weighted by atomic mass is 35.5. The van der Waals surface area contributed by atoms with E-state index in [0.29, 0.717) is 10.2 Å². The number of carbonyl (C=O) groups excluding carboxylic acids is 2. The summed E-state index contributed by atoms with van der Waals surface area (Å²) in [4.78, 5) is 27.4. The van der Waals surface area contributed by atoms with Crippen molar-refractivity contribution in [2.75, 3.05) is 5.32 Å². The topological polar surface area (TPSA) is 135 Å². The fourth-order valence-corrected chi connectivity index (χ4v) is 2.43. The number of nitrogens with one attached hydrogen (secondary N) is 3. The second-order valence-corrected chi connectivity index (χ2v) is 5.49. The summed E-state index contributed by atoms with van der Waals surface area (Å²) < 4.78 is 0. The molecule has 0 aliphatic rings. The minimum Gasteiger partial charge on any atom is -0.337 e. The van der Waals surface area contributed by atoms with Gasteiger partial charge in [-0.15, -0.1) is 11.3 Å². The van der Waals surface area contributed by atoms with Gasteiger partial charge in [0.1, 0.15) is 5.57 Å². The first-order valence-corrected chi connectivity index (χ1v) is 7.51. The van der Waals surface area contributed by atoms with Crippen LogP contribution in [0.25, 0.3) is 11.3 Å². The summed E-state index contributed by atoms with van der Waals surface area (Å²) in [7, 11) is 0. The molecule has 2 aromatic rings. The minimum absolute atomic E-state index is 0.279. The van der Waals surface area contributed by atoms with Crippen molar-refractivity contribution in [2.45, 2.75) is 0 Å². The molecule has 1 heterocycles. The number of benzene rings is 1. The summed E-state index contributed by atoms with van der Waals surface area (Å²) in [6.45, 7) is 0. The van der Waals surface area contributed by atoms with Crippen LogP contribution in [0.5, 0.6) is 0 Å². The zero-order valence-corrected chi connectivity index (χ0v) is 13.2. The van der Waals surface area contributed by atoms with E-state index >= 15 is 0 Å². The highest BCUT2D eigenvalue weighted by Gasteiger charge is 2.16. The Hall–Kier alpha value is -2.46. The second kappa shape index (κ2) is 7.70. The molecule has 0 saturated carbocycles. The number of carbonyl (C=O) groups is 2. The predicted molar refractivity (Wildman–Crippen MR) is 88.9 cm³/mol. The number of hydrogen-bond acceptors (Lipinski definition) is 7. The summed E-state index contributed by atoms with van der Waals surface area (Å²) in [6.07, 6.45) is 1.18. The molecule has 0 unspecified atom stereocenters. The lowest BCUT2D eigenvalue weighted by atomic mass is 10.2. The molecule has 1 aromatic carbocycles. The Balaban J connectivity index is 2.17. The van der Waals surface area contributed by atoms with E-state index in [1.807, 2.05) is 28.4 Å². The van der Waals surface area contributed by atoms with Crippen LogP contribution in [-0.4, -0.2) is 16.8 Å². The maximum Gasteiger partial charge on any atom is 0.272 e. The molecule has 120 valence electrons. The van der Waals surface area contributed by atoms with Crippen LogP contribution in [0.2, 0.25) is 5.02 Å². The van der Waals surface area contributed by atoms with E-state index in [0.717, 1.165) is 11.3 Å². The molecular formula is C13H13ClN6O2S. The first-order valence-electron chi connectivity index (χ1n) is 6.25. The number of hydrazine groups is 2. The Morgan fingerprint density at radius 2 is 1.74 bits per heavy atom. The predicted octanol–water partition coefficient (Wildman–Crippen LogP) is 0.739. The number of rotatable bonds is 5. The van der Waals surface area contributed by atoms with Gasteiger partial charge in [-0.3, -0.25) is 20.4 Å². The SMILES string of the molecule is NNC(=O)C(=CNc1nc(-c2ccc(Cl)cc2)cs1)C(=O)NN. The molecule has 7 N–H and O–H groups in total. The van der Waals surface area contributed by atoms with E-state index in [-0.39, 0.29) is 5.57 Å². The lowest BCUT2D eigenvalue weighted by Crippen LogP contribution is -2.40. The standard InChI is InChI=1S/C13H13ClN6O2S/c14-8-3-1-7(2-4-8)10-6-23-13(18-10)17-5-9(11(21)19-15)12(22)20-16/h1-6H,15-16H2,(H,17,18)(H,19,21)(H,20,22). The van der Waals surface area contributed by atoms with Gasteiger partial charge < -0.3 is 5.32 Å². The number of thiazole rings is 1. The van der Waals surface area contributed by atoms with E-state index < -0.39 is 11.8 Å². The number of hydrogen-bond donors (Lipinski definition) is 5. The van der Waals surface area contributed by atoms with Crippen molar-refractivity contribution < 1.29 is 9.59 Å². The molecule has 0 bridgehead atoms. The molecule has 2 rings (SSSR count). The van der Waals surface area contributed by atoms with Gasteiger partial charge in [-0.25, -0.2) is 16.7 Å². The molecule has 0 saturated heterocycles. The number of amides is 2. The van der Waals surface area contributed by atoms with Crippen molar-refractivity contribution >= 4 is 39.9 Å². The third-order valence-corrected chi connectivity index (χ3v) is 3.76. The monoisotopic (exact) mass is 352 g/mol. The van der Waals surface area contributed by atoms with Gasteiger partial charge in [0.2, 0.25) is 0 Å². The summed E-state index contributed by atoms with van der Waals surface area (Å²) in [5.41, 5.74) is 5.06. The van der Waals surface area contributed by atoms with Crippen molar-refractivity contribution in [3.63, 3.8) is 0 Å². The molecule has 23 heavy (non-hydrogen) atoms. The van der Waals surface area contributed by atoms with Crippen LogP contribution in [-0.2, 0) is 9.59 Å². The van der Waals surface area contributed by atoms with Gasteiger partial charge in [0.25, 0.3) is 11.8 Å². The third kappa shape index (κ3) is 4.27. The lowest BCUT2D eigenvalue weighted by Gasteiger charge is -2.04. The summed E-state index contributed by atoms with van der Waals surface area (Å²) in [5.74, 6) is 8.46. The maximum atomic E-state index is 11.5. The average Bonchev–Trinajstić information content (AvgIpc) is 3.04. The molecule has 2 amide bonds. The quantitative estimate of drug-likeness (QED) is 0.134. The van der Waals surface area contributed by atoms with Crippen LogP contribution in [0.4, 0.5) is 5.13 Å². The van der Waals surface area contributed by atoms with Crippen molar-refractivity contribution in [2.24, 2.45) is 11.7 Å². The Labute approximate surface area is 140 Å². The van der Waals surface area contributed by atoms with Crippen molar-refractivity contribution in [1.82, 2.24) is 15.8 Å². The van der Waals surface area contributed by atoms with Crippen molar-refractivity contribution in [3.8, 4) is 11.3 Å². The molecule has 1 aromatic heterocycles. The van der Waals surface area contributed by atoms with Gasteiger partial charge in [-0.05, 0) is 12.1 Å². The number of halogens is 1. The minimum atomic E-state index is -0.782. The molecule has 0 aliphatic heterocycles. The van der Waals surface area contributed by atoms with E-state index in [1.54, 1.807) is 12.1 Å². The van der Waals surface area contributed by atoms with Gasteiger partial charge in [0.05, 0.1) is 5.69 Å². The Bertz CT molecular complexity index is 725. The molecular weight excluding hydrogens is 340 g/mol. The van der Waals surface area contributed by atoms with Crippen LogP contribution < -0.4 is 27.9 Å². The van der Waals surface area contributed by atoms with Gasteiger partial charge >= 0.3 is 0 Å². The zero-order chi connectivity index (χ0) is 16.8. The van der Waals surface area contributed by atoms with Crippen LogP contribution in [0, 0.1) is 0 Å². The van der Waals surface area contributed by atoms with Crippen LogP contribution in [0.1, 0.15) is 0 Å². The Kier molecular flexibility index (Phi) is 5.66. The van der Waals surface area contributed by atoms with E-state index in [4.69, 9.17) is 23.3 Å². The fraction of sp³-hybridized carbons (Fsp3) is 0. The van der Waals surface area contributed by atoms with Crippen LogP contribution in [0.3, 0.4) is 0 Å². The molecule has 0 spiro atoms. The van der Waals surface area contributed by atoms with Gasteiger partial charge in [0.15, 0.2) is 5.13 Å². The molecule has 0 atom stereocenters. The summed E-state index contributed by atoms with van der Waals surface area (Å²) >= 11 is 7.15.